The predicted octanol–water partition coefficient (Wildman–Crippen LogP) is 5.87. The number of rotatable bonds is 5. The van der Waals surface area contributed by atoms with Crippen LogP contribution in [0, 0.1) is 5.92 Å². The molecule has 1 aliphatic rings. The number of anilines is 1. The zero-order valence-electron chi connectivity index (χ0n) is 19.0. The van der Waals surface area contributed by atoms with E-state index in [0.717, 1.165) is 63.8 Å². The van der Waals surface area contributed by atoms with Gasteiger partial charge in [0.15, 0.2) is 0 Å². The SMILES string of the molecule is CC(=O)N1CCC(C(Nc2cc(-c3ccc(Br)cc3)c3nccnc3c2)c2cccnc2)CC1. The lowest BCUT2D eigenvalue weighted by molar-refractivity contribution is -0.130. The third-order valence-corrected chi connectivity index (χ3v) is 7.08. The van der Waals surface area contributed by atoms with Crippen LogP contribution < -0.4 is 5.32 Å². The van der Waals surface area contributed by atoms with Crippen LogP contribution in [0.2, 0.25) is 0 Å². The van der Waals surface area contributed by atoms with Crippen LogP contribution in [0.3, 0.4) is 0 Å². The number of nitrogens with one attached hydrogen (secondary N) is 1. The molecule has 3 heterocycles. The normalized spacial score (nSPS) is 15.3. The Morgan fingerprint density at radius 2 is 1.82 bits per heavy atom. The molecule has 1 atom stereocenters. The lowest BCUT2D eigenvalue weighted by atomic mass is 9.85. The second-order valence-corrected chi connectivity index (χ2v) is 9.62. The van der Waals surface area contributed by atoms with Gasteiger partial charge >= 0.3 is 0 Å². The Morgan fingerprint density at radius 3 is 2.53 bits per heavy atom. The van der Waals surface area contributed by atoms with Crippen molar-refractivity contribution in [2.24, 2.45) is 5.92 Å². The molecule has 1 amide bonds. The molecule has 0 saturated carbocycles. The molecule has 1 N–H and O–H groups in total. The third kappa shape index (κ3) is 4.80. The minimum Gasteiger partial charge on any atom is -0.378 e. The van der Waals surface area contributed by atoms with Crippen LogP contribution in [0.1, 0.15) is 31.4 Å². The Hall–Kier alpha value is -3.32. The fourth-order valence-electron chi connectivity index (χ4n) is 4.77. The molecule has 4 aromatic rings. The van der Waals surface area contributed by atoms with E-state index in [1.807, 2.05) is 29.3 Å². The Morgan fingerprint density at radius 1 is 1.06 bits per heavy atom. The number of piperidine rings is 1. The number of aromatic nitrogens is 3. The number of likely N-dealkylation sites (tertiary alicyclic amines) is 1. The van der Waals surface area contributed by atoms with E-state index >= 15 is 0 Å². The van der Waals surface area contributed by atoms with Gasteiger partial charge in [-0.15, -0.1) is 0 Å². The van der Waals surface area contributed by atoms with Crippen LogP contribution in [-0.4, -0.2) is 38.8 Å². The van der Waals surface area contributed by atoms with E-state index in [2.05, 4.69) is 66.5 Å². The number of amides is 1. The summed E-state index contributed by atoms with van der Waals surface area (Å²) in [7, 11) is 0. The van der Waals surface area contributed by atoms with E-state index < -0.39 is 0 Å². The van der Waals surface area contributed by atoms with Gasteiger partial charge in [0.1, 0.15) is 0 Å². The first-order valence-electron chi connectivity index (χ1n) is 11.5. The second kappa shape index (κ2) is 9.89. The second-order valence-electron chi connectivity index (χ2n) is 8.71. The van der Waals surface area contributed by atoms with E-state index in [4.69, 9.17) is 0 Å². The summed E-state index contributed by atoms with van der Waals surface area (Å²) in [6, 6.07) is 16.7. The van der Waals surface area contributed by atoms with Gasteiger partial charge in [-0.1, -0.05) is 34.1 Å². The number of fused-ring (bicyclic) bond motifs is 1. The molecule has 5 rings (SSSR count). The minimum absolute atomic E-state index is 0.0784. The van der Waals surface area contributed by atoms with E-state index in [9.17, 15) is 4.79 Å². The fraction of sp³-hybridized carbons (Fsp3) is 0.259. The zero-order valence-corrected chi connectivity index (χ0v) is 20.6. The van der Waals surface area contributed by atoms with Gasteiger partial charge in [0.2, 0.25) is 5.91 Å². The molecule has 2 aromatic heterocycles. The van der Waals surface area contributed by atoms with Crippen molar-refractivity contribution in [3.63, 3.8) is 0 Å². The monoisotopic (exact) mass is 515 g/mol. The predicted molar refractivity (Wildman–Crippen MR) is 138 cm³/mol. The van der Waals surface area contributed by atoms with Gasteiger partial charge in [-0.3, -0.25) is 19.7 Å². The molecule has 7 heteroatoms. The minimum atomic E-state index is 0.0784. The highest BCUT2D eigenvalue weighted by atomic mass is 79.9. The maximum Gasteiger partial charge on any atom is 0.219 e. The van der Waals surface area contributed by atoms with Gasteiger partial charge in [0, 0.05) is 60.5 Å². The van der Waals surface area contributed by atoms with Crippen LogP contribution in [-0.2, 0) is 4.79 Å². The number of hydrogen-bond acceptors (Lipinski definition) is 5. The molecule has 1 unspecified atom stereocenters. The zero-order chi connectivity index (χ0) is 23.5. The molecular weight excluding hydrogens is 490 g/mol. The van der Waals surface area contributed by atoms with Crippen molar-refractivity contribution in [2.45, 2.75) is 25.8 Å². The molecule has 1 fully saturated rings. The molecule has 1 saturated heterocycles. The molecular formula is C27H26BrN5O. The lowest BCUT2D eigenvalue weighted by Crippen LogP contribution is -2.39. The van der Waals surface area contributed by atoms with Gasteiger partial charge in [0.25, 0.3) is 0 Å². The van der Waals surface area contributed by atoms with E-state index in [-0.39, 0.29) is 11.9 Å². The van der Waals surface area contributed by atoms with Crippen molar-refractivity contribution in [1.29, 1.82) is 0 Å². The van der Waals surface area contributed by atoms with Gasteiger partial charge < -0.3 is 10.2 Å². The smallest absolute Gasteiger partial charge is 0.219 e. The summed E-state index contributed by atoms with van der Waals surface area (Å²) in [5.74, 6) is 0.532. The molecule has 0 bridgehead atoms. The maximum absolute atomic E-state index is 11.8. The van der Waals surface area contributed by atoms with Crippen molar-refractivity contribution in [3.8, 4) is 11.1 Å². The third-order valence-electron chi connectivity index (χ3n) is 6.55. The average Bonchev–Trinajstić information content (AvgIpc) is 2.88. The summed E-state index contributed by atoms with van der Waals surface area (Å²) in [5.41, 5.74) is 5.99. The Bertz CT molecular complexity index is 1290. The fourth-order valence-corrected chi connectivity index (χ4v) is 5.03. The first-order chi connectivity index (χ1) is 16.6. The molecule has 172 valence electrons. The van der Waals surface area contributed by atoms with Gasteiger partial charge in [-0.25, -0.2) is 0 Å². The van der Waals surface area contributed by atoms with Crippen molar-refractivity contribution in [2.75, 3.05) is 18.4 Å². The quantitative estimate of drug-likeness (QED) is 0.360. The van der Waals surface area contributed by atoms with Crippen LogP contribution >= 0.6 is 15.9 Å². The highest BCUT2D eigenvalue weighted by molar-refractivity contribution is 9.10. The summed E-state index contributed by atoms with van der Waals surface area (Å²) in [4.78, 5) is 27.4. The Balaban J connectivity index is 1.52. The van der Waals surface area contributed by atoms with Crippen LogP contribution in [0.4, 0.5) is 5.69 Å². The van der Waals surface area contributed by atoms with E-state index in [1.165, 1.54) is 0 Å². The van der Waals surface area contributed by atoms with Crippen molar-refractivity contribution < 1.29 is 4.79 Å². The molecule has 0 radical (unpaired) electrons. The number of carbonyl (C=O) groups excluding carboxylic acids is 1. The molecule has 0 aliphatic carbocycles. The van der Waals surface area contributed by atoms with E-state index in [0.29, 0.717) is 5.92 Å². The molecule has 34 heavy (non-hydrogen) atoms. The van der Waals surface area contributed by atoms with Crippen LogP contribution in [0.25, 0.3) is 22.2 Å². The van der Waals surface area contributed by atoms with Gasteiger partial charge in [-0.2, -0.15) is 0 Å². The molecule has 0 spiro atoms. The maximum atomic E-state index is 11.8. The van der Waals surface area contributed by atoms with Crippen molar-refractivity contribution >= 4 is 38.6 Å². The highest BCUT2D eigenvalue weighted by Crippen LogP contribution is 2.36. The molecule has 2 aromatic carbocycles. The summed E-state index contributed by atoms with van der Waals surface area (Å²) < 4.78 is 1.04. The van der Waals surface area contributed by atoms with Gasteiger partial charge in [0.05, 0.1) is 17.1 Å². The number of pyridine rings is 1. The largest absolute Gasteiger partial charge is 0.378 e. The van der Waals surface area contributed by atoms with Gasteiger partial charge in [-0.05, 0) is 60.2 Å². The number of carbonyl (C=O) groups is 1. The number of nitrogens with zero attached hydrogens (tertiary/aromatic N) is 4. The molecule has 1 aliphatic heterocycles. The Kier molecular flexibility index (Phi) is 6.54. The average molecular weight is 516 g/mol. The van der Waals surface area contributed by atoms with E-state index in [1.54, 1.807) is 25.5 Å². The topological polar surface area (TPSA) is 71.0 Å². The Labute approximate surface area is 207 Å². The number of benzene rings is 2. The summed E-state index contributed by atoms with van der Waals surface area (Å²) >= 11 is 3.53. The summed E-state index contributed by atoms with van der Waals surface area (Å²) in [6.45, 7) is 3.22. The van der Waals surface area contributed by atoms with Crippen LogP contribution in [0.15, 0.2) is 77.8 Å². The first kappa shape index (κ1) is 22.5. The summed E-state index contributed by atoms with van der Waals surface area (Å²) in [6.07, 6.45) is 9.09. The number of halogens is 1. The van der Waals surface area contributed by atoms with Crippen LogP contribution in [0.5, 0.6) is 0 Å². The van der Waals surface area contributed by atoms with Crippen molar-refractivity contribution in [3.05, 3.63) is 83.4 Å². The first-order valence-corrected chi connectivity index (χ1v) is 12.3. The standard InChI is InChI=1S/C27H26BrN5O/c1-18(34)33-13-8-20(9-14-33)26(21-3-2-10-29-17-21)32-23-15-24(19-4-6-22(28)7-5-19)27-25(16-23)30-11-12-31-27/h2-7,10-12,15-17,20,26,32H,8-9,13-14H2,1H3. The lowest BCUT2D eigenvalue weighted by Gasteiger charge is -2.36. The van der Waals surface area contributed by atoms with Crippen molar-refractivity contribution in [1.82, 2.24) is 19.9 Å². The number of hydrogen-bond donors (Lipinski definition) is 1. The highest BCUT2D eigenvalue weighted by Gasteiger charge is 2.29. The molecule has 6 nitrogen and oxygen atoms in total. The summed E-state index contributed by atoms with van der Waals surface area (Å²) in [5, 5.41) is 3.80.